The minimum absolute atomic E-state index is 0.0361. The van der Waals surface area contributed by atoms with Crippen LogP contribution in [0.3, 0.4) is 0 Å². The summed E-state index contributed by atoms with van der Waals surface area (Å²) in [5.74, 6) is 1.09. The van der Waals surface area contributed by atoms with Crippen LogP contribution < -0.4 is 5.32 Å². The lowest BCUT2D eigenvalue weighted by atomic mass is 9.97. The lowest BCUT2D eigenvalue weighted by Gasteiger charge is -2.12. The highest BCUT2D eigenvalue weighted by Gasteiger charge is 2.24. The Morgan fingerprint density at radius 2 is 2.03 bits per heavy atom. The van der Waals surface area contributed by atoms with Gasteiger partial charge in [-0.25, -0.2) is 4.98 Å². The summed E-state index contributed by atoms with van der Waals surface area (Å²) in [5, 5.41) is 13.7. The predicted octanol–water partition coefficient (Wildman–Crippen LogP) is 5.27. The van der Waals surface area contributed by atoms with E-state index >= 15 is 0 Å². The molecule has 1 aromatic carbocycles. The molecule has 1 amide bonds. The first-order valence-electron chi connectivity index (χ1n) is 11.1. The van der Waals surface area contributed by atoms with Crippen LogP contribution in [0.5, 0.6) is 0 Å². The molecule has 0 saturated carbocycles. The Labute approximate surface area is 200 Å². The number of carbonyl (C=O) groups is 2. The largest absolute Gasteiger partial charge is 0.325 e. The normalized spacial score (nSPS) is 13.6. The molecule has 33 heavy (non-hydrogen) atoms. The summed E-state index contributed by atoms with van der Waals surface area (Å²) in [5.41, 5.74) is 3.40. The zero-order chi connectivity index (χ0) is 23.1. The fourth-order valence-corrected chi connectivity index (χ4v) is 6.28. The van der Waals surface area contributed by atoms with Crippen molar-refractivity contribution >= 4 is 56.3 Å². The van der Waals surface area contributed by atoms with Crippen molar-refractivity contribution in [2.75, 3.05) is 11.1 Å². The molecule has 0 radical (unpaired) electrons. The van der Waals surface area contributed by atoms with Crippen molar-refractivity contribution in [3.63, 3.8) is 0 Å². The minimum atomic E-state index is -0.162. The van der Waals surface area contributed by atoms with E-state index in [0.717, 1.165) is 34.5 Å². The number of thiophene rings is 1. The highest BCUT2D eigenvalue weighted by molar-refractivity contribution is 7.99. The second-order valence-electron chi connectivity index (χ2n) is 8.63. The average Bonchev–Trinajstić information content (AvgIpc) is 3.38. The number of Topliss-reactive ketones (excluding diaryl/α,β-unsaturated/α-hetero) is 1. The molecule has 4 aromatic rings. The van der Waals surface area contributed by atoms with Crippen LogP contribution in [0.15, 0.2) is 29.4 Å². The molecule has 1 N–H and O–H groups in total. The van der Waals surface area contributed by atoms with E-state index in [0.29, 0.717) is 16.4 Å². The van der Waals surface area contributed by atoms with Gasteiger partial charge in [0, 0.05) is 22.0 Å². The van der Waals surface area contributed by atoms with E-state index in [2.05, 4.69) is 29.4 Å². The number of nitrogens with one attached hydrogen (secondary N) is 1. The standard InChI is InChI=1S/C24H25N5O2S2/c1-13(2)21-26-23-20(17-9-4-5-10-18(17)33-23)22-27-28-24(29(21)22)32-12-19(31)25-16-8-6-7-15(11-16)14(3)30/h6-8,11,13H,4-5,9-10,12H2,1-3H3,(H,25,31). The minimum Gasteiger partial charge on any atom is -0.325 e. The fraction of sp³-hybridized carbons (Fsp3) is 0.375. The molecule has 1 aliphatic rings. The first kappa shape index (κ1) is 22.0. The number of anilines is 1. The van der Waals surface area contributed by atoms with Gasteiger partial charge in [-0.1, -0.05) is 37.7 Å². The van der Waals surface area contributed by atoms with E-state index in [-0.39, 0.29) is 23.4 Å². The molecule has 3 aromatic heterocycles. The molecule has 0 aliphatic heterocycles. The van der Waals surface area contributed by atoms with Gasteiger partial charge in [0.25, 0.3) is 0 Å². The van der Waals surface area contributed by atoms with Gasteiger partial charge in [-0.15, -0.1) is 21.5 Å². The van der Waals surface area contributed by atoms with E-state index in [1.165, 1.54) is 42.0 Å². The van der Waals surface area contributed by atoms with Crippen molar-refractivity contribution in [2.24, 2.45) is 0 Å². The molecule has 0 spiro atoms. The molecular weight excluding hydrogens is 454 g/mol. The van der Waals surface area contributed by atoms with Crippen molar-refractivity contribution in [1.82, 2.24) is 19.6 Å². The number of carbonyl (C=O) groups excluding carboxylic acids is 2. The van der Waals surface area contributed by atoms with Crippen LogP contribution in [0.4, 0.5) is 5.69 Å². The van der Waals surface area contributed by atoms with E-state index in [1.54, 1.807) is 35.6 Å². The monoisotopic (exact) mass is 479 g/mol. The molecule has 5 rings (SSSR count). The maximum absolute atomic E-state index is 12.6. The van der Waals surface area contributed by atoms with Crippen LogP contribution in [0.25, 0.3) is 15.9 Å². The zero-order valence-corrected chi connectivity index (χ0v) is 20.5. The molecule has 9 heteroatoms. The molecule has 7 nitrogen and oxygen atoms in total. The van der Waals surface area contributed by atoms with E-state index in [9.17, 15) is 9.59 Å². The SMILES string of the molecule is CC(=O)c1cccc(NC(=O)CSc2nnc3c4c5c(sc4nc(C(C)C)n23)CCCC5)c1. The smallest absolute Gasteiger partial charge is 0.234 e. The Kier molecular flexibility index (Phi) is 5.92. The number of benzene rings is 1. The Balaban J connectivity index is 1.44. The fourth-order valence-electron chi connectivity index (χ4n) is 4.28. The van der Waals surface area contributed by atoms with Crippen LogP contribution in [0, 0.1) is 0 Å². The summed E-state index contributed by atoms with van der Waals surface area (Å²) in [6.07, 6.45) is 4.59. The Bertz CT molecular complexity index is 1390. The van der Waals surface area contributed by atoms with Crippen LogP contribution in [-0.4, -0.2) is 37.0 Å². The molecule has 0 atom stereocenters. The molecule has 170 valence electrons. The van der Waals surface area contributed by atoms with Crippen LogP contribution in [-0.2, 0) is 17.6 Å². The number of nitrogens with zero attached hydrogens (tertiary/aromatic N) is 4. The molecule has 0 fully saturated rings. The van der Waals surface area contributed by atoms with E-state index in [1.807, 2.05) is 4.40 Å². The van der Waals surface area contributed by atoms with Gasteiger partial charge in [-0.05, 0) is 50.3 Å². The summed E-state index contributed by atoms with van der Waals surface area (Å²) >= 11 is 3.14. The summed E-state index contributed by atoms with van der Waals surface area (Å²) in [4.78, 5) is 31.7. The van der Waals surface area contributed by atoms with Gasteiger partial charge < -0.3 is 5.32 Å². The summed E-state index contributed by atoms with van der Waals surface area (Å²) in [7, 11) is 0. The van der Waals surface area contributed by atoms with Crippen molar-refractivity contribution in [3.8, 4) is 0 Å². The number of rotatable bonds is 6. The Morgan fingerprint density at radius 3 is 2.82 bits per heavy atom. The lowest BCUT2D eigenvalue weighted by Crippen LogP contribution is -2.15. The number of ketones is 1. The molecule has 1 aliphatic carbocycles. The molecular formula is C24H25N5O2S2. The zero-order valence-electron chi connectivity index (χ0n) is 18.8. The average molecular weight is 480 g/mol. The first-order valence-corrected chi connectivity index (χ1v) is 13.0. The number of aryl methyl sites for hydroxylation is 2. The number of aromatic nitrogens is 4. The van der Waals surface area contributed by atoms with Gasteiger partial charge in [-0.3, -0.25) is 14.0 Å². The number of amides is 1. The summed E-state index contributed by atoms with van der Waals surface area (Å²) < 4.78 is 2.03. The third kappa shape index (κ3) is 4.15. The summed E-state index contributed by atoms with van der Waals surface area (Å²) in [6, 6.07) is 6.96. The van der Waals surface area contributed by atoms with Gasteiger partial charge in [0.1, 0.15) is 10.7 Å². The molecule has 0 bridgehead atoms. The third-order valence-corrected chi connectivity index (χ3v) is 7.97. The predicted molar refractivity (Wildman–Crippen MR) is 133 cm³/mol. The van der Waals surface area contributed by atoms with Crippen molar-refractivity contribution in [2.45, 2.75) is 57.5 Å². The van der Waals surface area contributed by atoms with Crippen LogP contribution >= 0.6 is 23.1 Å². The van der Waals surface area contributed by atoms with Gasteiger partial charge in [0.15, 0.2) is 16.6 Å². The maximum Gasteiger partial charge on any atom is 0.234 e. The number of hydrogen-bond donors (Lipinski definition) is 1. The first-order chi connectivity index (χ1) is 15.9. The van der Waals surface area contributed by atoms with E-state index in [4.69, 9.17) is 4.98 Å². The van der Waals surface area contributed by atoms with Gasteiger partial charge in [0.2, 0.25) is 5.91 Å². The van der Waals surface area contributed by atoms with Crippen LogP contribution in [0.2, 0.25) is 0 Å². The number of fused-ring (bicyclic) bond motifs is 5. The van der Waals surface area contributed by atoms with Crippen molar-refractivity contribution in [1.29, 1.82) is 0 Å². The van der Waals surface area contributed by atoms with Gasteiger partial charge >= 0.3 is 0 Å². The molecule has 0 unspecified atom stereocenters. The van der Waals surface area contributed by atoms with Crippen molar-refractivity contribution in [3.05, 3.63) is 46.1 Å². The lowest BCUT2D eigenvalue weighted by molar-refractivity contribution is -0.113. The van der Waals surface area contributed by atoms with Crippen LogP contribution in [0.1, 0.15) is 66.2 Å². The Morgan fingerprint density at radius 1 is 1.21 bits per heavy atom. The van der Waals surface area contributed by atoms with Crippen molar-refractivity contribution < 1.29 is 9.59 Å². The third-order valence-electron chi connectivity index (χ3n) is 5.86. The molecule has 0 saturated heterocycles. The maximum atomic E-state index is 12.6. The molecule has 3 heterocycles. The number of thioether (sulfide) groups is 1. The van der Waals surface area contributed by atoms with E-state index < -0.39 is 0 Å². The Hall–Kier alpha value is -2.78. The topological polar surface area (TPSA) is 89.2 Å². The van der Waals surface area contributed by atoms with Gasteiger partial charge in [0.05, 0.1) is 11.1 Å². The number of hydrogen-bond acceptors (Lipinski definition) is 7. The highest BCUT2D eigenvalue weighted by atomic mass is 32.2. The highest BCUT2D eigenvalue weighted by Crippen LogP contribution is 2.39. The van der Waals surface area contributed by atoms with Gasteiger partial charge in [-0.2, -0.15) is 0 Å². The second kappa shape index (κ2) is 8.87. The quantitative estimate of drug-likeness (QED) is 0.299. The second-order valence-corrected chi connectivity index (χ2v) is 10.7. The summed E-state index contributed by atoms with van der Waals surface area (Å²) in [6.45, 7) is 5.74.